The number of carbonyl (C=O) groups is 22. The summed E-state index contributed by atoms with van der Waals surface area (Å²) in [7, 11) is 0. The van der Waals surface area contributed by atoms with Gasteiger partial charge in [-0.05, 0) is 0 Å². The van der Waals surface area contributed by atoms with Gasteiger partial charge in [0.2, 0.25) is 0 Å². The van der Waals surface area contributed by atoms with E-state index in [1.807, 2.05) is 0 Å². The van der Waals surface area contributed by atoms with Crippen molar-refractivity contribution in [1.82, 2.24) is 0 Å². The second-order valence-corrected chi connectivity index (χ2v) is 33.2. The van der Waals surface area contributed by atoms with Crippen LogP contribution in [-0.4, -0.2) is 392 Å². The number of hydrogen-bond acceptors (Lipinski definition) is 58. The minimum atomic E-state index is -2.49. The molecular formula is C86H116O57S. The molecule has 0 N–H and O–H groups in total. The summed E-state index contributed by atoms with van der Waals surface area (Å²) in [4.78, 5) is 293. The van der Waals surface area contributed by atoms with Crippen molar-refractivity contribution in [1.29, 1.82) is 0 Å². The molecule has 808 valence electrons. The fourth-order valence-corrected chi connectivity index (χ4v) is 16.3. The van der Waals surface area contributed by atoms with E-state index in [0.29, 0.717) is 0 Å². The molecule has 0 aliphatic carbocycles. The van der Waals surface area contributed by atoms with Crippen molar-refractivity contribution in [3.8, 4) is 0 Å². The maximum absolute atomic E-state index is 14.0. The van der Waals surface area contributed by atoms with Gasteiger partial charge in [0.25, 0.3) is 0 Å². The van der Waals surface area contributed by atoms with E-state index >= 15 is 0 Å². The van der Waals surface area contributed by atoms with Gasteiger partial charge in [0.05, 0.1) is 0 Å². The predicted octanol–water partition coefficient (Wildman–Crippen LogP) is -2.78. The highest BCUT2D eigenvalue weighted by molar-refractivity contribution is 7.80. The smallest absolute Gasteiger partial charge is 0.303 e. The third kappa shape index (κ3) is 35.6. The molecule has 0 aromatic rings. The van der Waals surface area contributed by atoms with Gasteiger partial charge in [0, 0.05) is 152 Å². The molecule has 144 heavy (non-hydrogen) atoms. The second-order valence-electron chi connectivity index (χ2n) is 32.7. The lowest BCUT2D eigenvalue weighted by Gasteiger charge is -2.52. The van der Waals surface area contributed by atoms with Gasteiger partial charge >= 0.3 is 131 Å². The van der Waals surface area contributed by atoms with Crippen LogP contribution in [0.1, 0.15) is 152 Å². The largest absolute Gasteiger partial charge is 0.463 e. The van der Waals surface area contributed by atoms with Crippen LogP contribution in [0.5, 0.6) is 0 Å². The molecule has 7 heterocycles. The van der Waals surface area contributed by atoms with Crippen LogP contribution in [0.4, 0.5) is 0 Å². The third-order valence-corrected chi connectivity index (χ3v) is 21.0. The topological polar surface area (TPSA) is 699 Å². The monoisotopic (exact) mass is 2090 g/mol. The van der Waals surface area contributed by atoms with Crippen LogP contribution in [0.3, 0.4) is 0 Å². The molecule has 0 amide bonds. The molecule has 7 fully saturated rings. The summed E-state index contributed by atoms with van der Waals surface area (Å²) >= 11 is 4.40. The highest BCUT2D eigenvalue weighted by atomic mass is 32.1. The third-order valence-electron chi connectivity index (χ3n) is 20.6. The first-order chi connectivity index (χ1) is 67.4. The highest BCUT2D eigenvalue weighted by Gasteiger charge is 2.66. The number of ether oxygens (including phenoxy) is 35. The van der Waals surface area contributed by atoms with Gasteiger partial charge < -0.3 is 166 Å². The minimum absolute atomic E-state index is 0.751. The van der Waals surface area contributed by atoms with E-state index in [2.05, 4.69) is 12.6 Å². The molecule has 35 unspecified atom stereocenters. The number of carbonyl (C=O) groups excluding carboxylic acids is 22. The van der Waals surface area contributed by atoms with Crippen molar-refractivity contribution in [2.45, 2.75) is 366 Å². The maximum atomic E-state index is 14.0. The highest BCUT2D eigenvalue weighted by Crippen LogP contribution is 2.45. The van der Waals surface area contributed by atoms with Crippen molar-refractivity contribution < 1.29 is 271 Å². The van der Waals surface area contributed by atoms with Crippen molar-refractivity contribution in [2.24, 2.45) is 0 Å². The van der Waals surface area contributed by atoms with Gasteiger partial charge in [0.1, 0.15) is 131 Å². The van der Waals surface area contributed by atoms with Crippen LogP contribution >= 0.6 is 12.6 Å². The molecule has 0 spiro atoms. The zero-order chi connectivity index (χ0) is 108. The molecule has 0 aromatic heterocycles. The van der Waals surface area contributed by atoms with Crippen LogP contribution in [0.15, 0.2) is 0 Å². The molecule has 35 atom stereocenters. The molecular weight excluding hydrogens is 1980 g/mol. The average molecular weight is 2090 g/mol. The molecule has 0 bridgehead atoms. The molecule has 0 saturated carbocycles. The van der Waals surface area contributed by atoms with E-state index < -0.39 is 392 Å². The number of thiol groups is 1. The van der Waals surface area contributed by atoms with Crippen molar-refractivity contribution in [3.63, 3.8) is 0 Å². The fourth-order valence-electron chi connectivity index (χ4n) is 15.9. The van der Waals surface area contributed by atoms with Gasteiger partial charge in [-0.2, -0.15) is 0 Å². The van der Waals surface area contributed by atoms with E-state index in [-0.39, 0.29) is 0 Å². The Morgan fingerprint density at radius 2 is 0.257 bits per heavy atom. The Hall–Kier alpha value is -11.8. The quantitative estimate of drug-likeness (QED) is 0.0367. The van der Waals surface area contributed by atoms with Gasteiger partial charge in [-0.1, -0.05) is 0 Å². The van der Waals surface area contributed by atoms with E-state index in [4.69, 9.17) is 166 Å². The Labute approximate surface area is 824 Å². The minimum Gasteiger partial charge on any atom is -0.463 e. The SMILES string of the molecule is CC(=O)OCC1OC(S)C(OC(C)=O)C(OC(C)=O)C1OC1OC(COC(C)=O)C(OC2OC(COC(C)=O)C(OC3OC(COC(C)=O)C(OC4OC(COC(C)=O)C(OC5OC(COC(C)=O)C(OC6OC(COC(C)=O)C(OC(C)=O)C(OC(C)=O)C6OC(C)=O)C(OC(C)=O)C5OC(C)=O)C(OC(C)=O)C4OC(C)=O)C(OC(C)=O)C3OC(C)=O)C(OC(C)=O)C2OC(C)=O)C(OC(C)=O)C1OC(C)=O. The van der Waals surface area contributed by atoms with E-state index in [9.17, 15) is 105 Å². The fraction of sp³-hybridized carbons (Fsp3) is 0.744. The molecule has 7 saturated heterocycles. The lowest BCUT2D eigenvalue weighted by atomic mass is 9.94. The Morgan fingerprint density at radius 3 is 0.403 bits per heavy atom. The summed E-state index contributed by atoms with van der Waals surface area (Å²) in [5, 5.41) is 0. The van der Waals surface area contributed by atoms with Crippen LogP contribution in [0, 0.1) is 0 Å². The molecule has 0 radical (unpaired) electrons. The summed E-state index contributed by atoms with van der Waals surface area (Å²) < 4.78 is 209. The number of hydrogen-bond donors (Lipinski definition) is 1. The zero-order valence-electron chi connectivity index (χ0n) is 81.9. The molecule has 7 aliphatic rings. The van der Waals surface area contributed by atoms with Gasteiger partial charge in [0.15, 0.2) is 129 Å². The van der Waals surface area contributed by atoms with Crippen molar-refractivity contribution >= 4 is 144 Å². The van der Waals surface area contributed by atoms with E-state index in [1.165, 1.54) is 0 Å². The number of rotatable bonds is 41. The molecule has 7 rings (SSSR count). The number of esters is 22. The molecule has 7 aliphatic heterocycles. The standard InChI is InChI=1S/C86H116O57S/c1-30(87)109-23-52-59(116-37(8)94)66(117-38(9)95)73(124-45(16)102)80(131-52)138-60-53(24-110-31(2)88)132-81(74(125-46(17)103)67(60)118-39(10)96)139-61-54(25-111-32(3)89)133-82(75(126-47(18)104)68(61)119-40(11)97)140-62-55(26-112-33(4)90)134-83(76(127-48(19)105)69(62)120-41(12)98)141-63-56(27-113-34(5)91)135-84(77(128-49(20)106)70(63)121-42(13)99)142-64-57(28-114-35(6)92)136-85(78(129-50(21)107)71(64)122-43(14)100)143-65-58(29-115-36(7)93)137-86(144)79(130-51(22)108)72(65)123-44(15)101/h52-86,144H,23-29H2,1-22H3. The van der Waals surface area contributed by atoms with Crippen molar-refractivity contribution in [3.05, 3.63) is 0 Å². The van der Waals surface area contributed by atoms with Crippen LogP contribution in [0.25, 0.3) is 0 Å². The van der Waals surface area contributed by atoms with Gasteiger partial charge in [-0.25, -0.2) is 0 Å². The molecule has 0 aromatic carbocycles. The lowest BCUT2D eigenvalue weighted by Crippen LogP contribution is -2.70. The first kappa shape index (κ1) is 119. The first-order valence-corrected chi connectivity index (χ1v) is 44.6. The van der Waals surface area contributed by atoms with Crippen LogP contribution < -0.4 is 0 Å². The summed E-state index contributed by atoms with van der Waals surface area (Å²) in [5.41, 5.74) is -1.49. The Balaban J connectivity index is 1.39. The summed E-state index contributed by atoms with van der Waals surface area (Å²) in [6.45, 7) is 12.1. The second kappa shape index (κ2) is 54.9. The lowest BCUT2D eigenvalue weighted by molar-refractivity contribution is -0.397. The van der Waals surface area contributed by atoms with Gasteiger partial charge in [-0.15, -0.1) is 12.6 Å². The predicted molar refractivity (Wildman–Crippen MR) is 449 cm³/mol. The van der Waals surface area contributed by atoms with Gasteiger partial charge in [-0.3, -0.25) is 105 Å². The Kier molecular flexibility index (Phi) is 45.4. The van der Waals surface area contributed by atoms with Crippen LogP contribution in [-0.2, 0) is 271 Å². The summed E-state index contributed by atoms with van der Waals surface area (Å²) in [6, 6.07) is 0. The van der Waals surface area contributed by atoms with E-state index in [1.54, 1.807) is 0 Å². The zero-order valence-corrected chi connectivity index (χ0v) is 82.8. The Bertz CT molecular complexity index is 4530. The normalized spacial score (nSPS) is 33.3. The van der Waals surface area contributed by atoms with Crippen molar-refractivity contribution in [2.75, 3.05) is 46.2 Å². The maximum Gasteiger partial charge on any atom is 0.303 e. The Morgan fingerprint density at radius 1 is 0.146 bits per heavy atom. The first-order valence-electron chi connectivity index (χ1n) is 44.1. The average Bonchev–Trinajstić information content (AvgIpc) is 0.753. The van der Waals surface area contributed by atoms with Crippen LogP contribution in [0.2, 0.25) is 0 Å². The van der Waals surface area contributed by atoms with E-state index in [0.717, 1.165) is 152 Å². The molecule has 57 nitrogen and oxygen atoms in total. The summed E-state index contributed by atoms with van der Waals surface area (Å²) in [5.74, 6) is -25.5. The summed E-state index contributed by atoms with van der Waals surface area (Å²) in [6.07, 6.45) is -73.6. The molecule has 58 heteroatoms.